The lowest BCUT2D eigenvalue weighted by Gasteiger charge is -2.11. The number of benzene rings is 1. The van der Waals surface area contributed by atoms with E-state index in [1.807, 2.05) is 24.3 Å². The first kappa shape index (κ1) is 15.3. The van der Waals surface area contributed by atoms with Crippen LogP contribution in [0.4, 0.5) is 14.5 Å². The van der Waals surface area contributed by atoms with Crippen LogP contribution < -0.4 is 5.32 Å². The highest BCUT2D eigenvalue weighted by Gasteiger charge is 2.48. The van der Waals surface area contributed by atoms with Gasteiger partial charge in [0.1, 0.15) is 5.69 Å². The molecule has 0 radical (unpaired) electrons. The maximum atomic E-state index is 13.1. The number of hydrogen-bond acceptors (Lipinski definition) is 2. The first-order valence-electron chi connectivity index (χ1n) is 8.26. The van der Waals surface area contributed by atoms with Crippen molar-refractivity contribution < 1.29 is 13.6 Å². The van der Waals surface area contributed by atoms with Crippen LogP contribution in [-0.2, 0) is 7.05 Å². The van der Waals surface area contributed by atoms with Crippen LogP contribution in [0.15, 0.2) is 30.5 Å². The predicted molar refractivity (Wildman–Crippen MR) is 86.1 cm³/mol. The molecule has 2 aromatic rings. The summed E-state index contributed by atoms with van der Waals surface area (Å²) in [4.78, 5) is 12.5. The van der Waals surface area contributed by atoms with Gasteiger partial charge in [-0.15, -0.1) is 0 Å². The summed E-state index contributed by atoms with van der Waals surface area (Å²) in [5.74, 6) is 1.51. The minimum atomic E-state index is -2.74. The third-order valence-corrected chi connectivity index (χ3v) is 5.11. The number of nitrogens with zero attached hydrogens (tertiary/aromatic N) is 2. The van der Waals surface area contributed by atoms with Crippen molar-refractivity contribution in [3.05, 3.63) is 47.3 Å². The fourth-order valence-electron chi connectivity index (χ4n) is 3.62. The number of aryl methyl sites for hydroxylation is 1. The molecule has 1 N–H and O–H groups in total. The number of amides is 1. The molecule has 2 aliphatic rings. The molecule has 4 nitrogen and oxygen atoms in total. The number of nitrogens with one attached hydrogen (secondary N) is 1. The molecule has 1 amide bonds. The molecule has 2 atom stereocenters. The number of alkyl halides is 2. The van der Waals surface area contributed by atoms with E-state index >= 15 is 0 Å². The minimum Gasteiger partial charge on any atom is -0.322 e. The van der Waals surface area contributed by atoms with E-state index in [9.17, 15) is 13.6 Å². The fraction of sp³-hybridized carbons (Fsp3) is 0.444. The van der Waals surface area contributed by atoms with Crippen molar-refractivity contribution in [3.63, 3.8) is 0 Å². The van der Waals surface area contributed by atoms with E-state index in [0.717, 1.165) is 34.2 Å². The molecule has 2 unspecified atom stereocenters. The number of para-hydroxylation sites is 1. The Bertz CT molecular complexity index is 782. The van der Waals surface area contributed by atoms with Crippen LogP contribution in [0, 0.1) is 11.8 Å². The zero-order valence-corrected chi connectivity index (χ0v) is 13.4. The SMILES string of the molecule is Cn1ncc(C(=O)Nc2ccccc2C2CC2C2CC2)c1C(F)F. The quantitative estimate of drug-likeness (QED) is 0.896. The number of halogens is 2. The zero-order valence-electron chi connectivity index (χ0n) is 13.4. The van der Waals surface area contributed by atoms with E-state index in [4.69, 9.17) is 0 Å². The molecular formula is C18H19F2N3O. The molecule has 1 aromatic carbocycles. The number of aromatic nitrogens is 2. The lowest BCUT2D eigenvalue weighted by Crippen LogP contribution is -2.15. The third kappa shape index (κ3) is 2.70. The van der Waals surface area contributed by atoms with Crippen LogP contribution in [0.25, 0.3) is 0 Å². The Morgan fingerprint density at radius 3 is 2.79 bits per heavy atom. The lowest BCUT2D eigenvalue weighted by atomic mass is 10.0. The first-order valence-corrected chi connectivity index (χ1v) is 8.26. The summed E-state index contributed by atoms with van der Waals surface area (Å²) in [5.41, 5.74) is 1.41. The van der Waals surface area contributed by atoms with Crippen molar-refractivity contribution in [2.75, 3.05) is 5.32 Å². The van der Waals surface area contributed by atoms with Gasteiger partial charge in [0.25, 0.3) is 12.3 Å². The number of carbonyl (C=O) groups excluding carboxylic acids is 1. The Morgan fingerprint density at radius 1 is 1.33 bits per heavy atom. The van der Waals surface area contributed by atoms with Crippen LogP contribution in [0.2, 0.25) is 0 Å². The van der Waals surface area contributed by atoms with E-state index in [1.165, 1.54) is 26.1 Å². The van der Waals surface area contributed by atoms with Gasteiger partial charge in [0, 0.05) is 12.7 Å². The first-order chi connectivity index (χ1) is 11.6. The highest BCUT2D eigenvalue weighted by atomic mass is 19.3. The standard InChI is InChI=1S/C18H19F2N3O/c1-23-16(17(19)20)14(9-21-23)18(24)22-15-5-3-2-4-11(15)13-8-12(13)10-6-7-10/h2-5,9-10,12-13,17H,6-8H2,1H3,(H,22,24). The number of rotatable bonds is 5. The molecule has 126 valence electrons. The van der Waals surface area contributed by atoms with Gasteiger partial charge in [-0.1, -0.05) is 18.2 Å². The van der Waals surface area contributed by atoms with E-state index in [-0.39, 0.29) is 11.3 Å². The molecule has 0 aliphatic heterocycles. The molecule has 0 spiro atoms. The Hall–Kier alpha value is -2.24. The molecular weight excluding hydrogens is 312 g/mol. The molecule has 2 saturated carbocycles. The second-order valence-electron chi connectivity index (χ2n) is 6.75. The van der Waals surface area contributed by atoms with Gasteiger partial charge in [0.15, 0.2) is 0 Å². The summed E-state index contributed by atoms with van der Waals surface area (Å²) in [5, 5.41) is 6.60. The molecule has 2 fully saturated rings. The van der Waals surface area contributed by atoms with E-state index in [2.05, 4.69) is 10.4 Å². The van der Waals surface area contributed by atoms with Gasteiger partial charge in [-0.2, -0.15) is 5.10 Å². The van der Waals surface area contributed by atoms with Gasteiger partial charge in [-0.3, -0.25) is 9.48 Å². The Kier molecular flexibility index (Phi) is 3.62. The molecule has 2 aliphatic carbocycles. The Balaban J connectivity index is 1.57. The predicted octanol–water partition coefficient (Wildman–Crippen LogP) is 4.12. The second kappa shape index (κ2) is 5.69. The molecule has 4 rings (SSSR count). The van der Waals surface area contributed by atoms with Crippen molar-refractivity contribution in [1.29, 1.82) is 0 Å². The molecule has 24 heavy (non-hydrogen) atoms. The summed E-state index contributed by atoms with van der Waals surface area (Å²) < 4.78 is 27.3. The average molecular weight is 331 g/mol. The van der Waals surface area contributed by atoms with E-state index in [0.29, 0.717) is 5.92 Å². The van der Waals surface area contributed by atoms with Crippen LogP contribution in [0.5, 0.6) is 0 Å². The Labute approximate surface area is 138 Å². The van der Waals surface area contributed by atoms with Crippen molar-refractivity contribution in [1.82, 2.24) is 9.78 Å². The summed E-state index contributed by atoms with van der Waals surface area (Å²) in [6, 6.07) is 7.68. The van der Waals surface area contributed by atoms with Gasteiger partial charge < -0.3 is 5.32 Å². The van der Waals surface area contributed by atoms with Crippen molar-refractivity contribution >= 4 is 11.6 Å². The zero-order chi connectivity index (χ0) is 16.8. The van der Waals surface area contributed by atoms with Crippen LogP contribution in [0.1, 0.15) is 53.2 Å². The molecule has 6 heteroatoms. The maximum Gasteiger partial charge on any atom is 0.280 e. The largest absolute Gasteiger partial charge is 0.322 e. The normalized spacial score (nSPS) is 22.7. The number of hydrogen-bond donors (Lipinski definition) is 1. The summed E-state index contributed by atoms with van der Waals surface area (Å²) in [7, 11) is 1.41. The average Bonchev–Trinajstić information content (AvgIpc) is 3.43. The Morgan fingerprint density at radius 2 is 2.08 bits per heavy atom. The molecule has 0 bridgehead atoms. The summed E-state index contributed by atoms with van der Waals surface area (Å²) in [6.07, 6.45) is 2.24. The molecule has 0 saturated heterocycles. The molecule has 1 aromatic heterocycles. The van der Waals surface area contributed by atoms with Crippen molar-refractivity contribution in [3.8, 4) is 0 Å². The molecule has 1 heterocycles. The maximum absolute atomic E-state index is 13.1. The minimum absolute atomic E-state index is 0.0724. The van der Waals surface area contributed by atoms with E-state index in [1.54, 1.807) is 0 Å². The highest BCUT2D eigenvalue weighted by Crippen LogP contribution is 2.60. The lowest BCUT2D eigenvalue weighted by molar-refractivity contribution is 0.100. The van der Waals surface area contributed by atoms with Gasteiger partial charge in [-0.05, 0) is 48.6 Å². The topological polar surface area (TPSA) is 46.9 Å². The van der Waals surface area contributed by atoms with Crippen LogP contribution in [-0.4, -0.2) is 15.7 Å². The van der Waals surface area contributed by atoms with Crippen molar-refractivity contribution in [2.24, 2.45) is 18.9 Å². The summed E-state index contributed by atoms with van der Waals surface area (Å²) in [6.45, 7) is 0. The number of carbonyl (C=O) groups is 1. The fourth-order valence-corrected chi connectivity index (χ4v) is 3.62. The van der Waals surface area contributed by atoms with E-state index < -0.39 is 12.3 Å². The third-order valence-electron chi connectivity index (χ3n) is 5.11. The van der Waals surface area contributed by atoms with Crippen LogP contribution in [0.3, 0.4) is 0 Å². The van der Waals surface area contributed by atoms with Gasteiger partial charge in [-0.25, -0.2) is 8.78 Å². The number of anilines is 1. The second-order valence-corrected chi connectivity index (χ2v) is 6.75. The monoisotopic (exact) mass is 331 g/mol. The van der Waals surface area contributed by atoms with Gasteiger partial charge >= 0.3 is 0 Å². The summed E-state index contributed by atoms with van der Waals surface area (Å²) >= 11 is 0. The van der Waals surface area contributed by atoms with Gasteiger partial charge in [0.05, 0.1) is 11.8 Å². The van der Waals surface area contributed by atoms with Crippen molar-refractivity contribution in [2.45, 2.75) is 31.6 Å². The van der Waals surface area contributed by atoms with Gasteiger partial charge in [0.2, 0.25) is 0 Å². The van der Waals surface area contributed by atoms with Crippen LogP contribution >= 0.6 is 0 Å². The smallest absolute Gasteiger partial charge is 0.280 e. The highest BCUT2D eigenvalue weighted by molar-refractivity contribution is 6.05.